The van der Waals surface area contributed by atoms with Crippen LogP contribution in [0.3, 0.4) is 0 Å². The van der Waals surface area contributed by atoms with E-state index in [9.17, 15) is 4.79 Å². The van der Waals surface area contributed by atoms with Gasteiger partial charge in [0.2, 0.25) is 0 Å². The van der Waals surface area contributed by atoms with Gasteiger partial charge in [-0.25, -0.2) is 9.48 Å². The van der Waals surface area contributed by atoms with Crippen molar-refractivity contribution < 1.29 is 9.53 Å². The topological polar surface area (TPSA) is 57.0 Å². The maximum Gasteiger partial charge on any atom is 0.360 e. The third-order valence-corrected chi connectivity index (χ3v) is 4.49. The van der Waals surface area contributed by atoms with Gasteiger partial charge in [0.15, 0.2) is 5.69 Å². The molecule has 1 saturated carbocycles. The van der Waals surface area contributed by atoms with Gasteiger partial charge in [0.25, 0.3) is 0 Å². The lowest BCUT2D eigenvalue weighted by Crippen LogP contribution is -2.21. The summed E-state index contributed by atoms with van der Waals surface area (Å²) in [5.74, 6) is 0.704. The monoisotopic (exact) mass is 293 g/mol. The second-order valence-electron chi connectivity index (χ2n) is 6.23. The fraction of sp³-hybridized carbons (Fsp3) is 0.812. The average molecular weight is 293 g/mol. The zero-order valence-corrected chi connectivity index (χ0v) is 13.6. The van der Waals surface area contributed by atoms with E-state index in [0.717, 1.165) is 24.5 Å². The first-order valence-electron chi connectivity index (χ1n) is 8.20. The molecule has 2 rings (SSSR count). The summed E-state index contributed by atoms with van der Waals surface area (Å²) >= 11 is 0. The number of aromatic nitrogens is 3. The van der Waals surface area contributed by atoms with Crippen LogP contribution < -0.4 is 0 Å². The minimum absolute atomic E-state index is 0.211. The Labute approximate surface area is 127 Å². The van der Waals surface area contributed by atoms with Crippen molar-refractivity contribution in [3.05, 3.63) is 11.4 Å². The Kier molecular flexibility index (Phi) is 5.37. The average Bonchev–Trinajstić information content (AvgIpc) is 2.92. The molecular formula is C16H27N3O2. The maximum absolute atomic E-state index is 12.0. The fourth-order valence-corrected chi connectivity index (χ4v) is 3.25. The van der Waals surface area contributed by atoms with E-state index in [1.165, 1.54) is 19.3 Å². The van der Waals surface area contributed by atoms with E-state index in [4.69, 9.17) is 4.74 Å². The van der Waals surface area contributed by atoms with Crippen molar-refractivity contribution in [3.63, 3.8) is 0 Å². The summed E-state index contributed by atoms with van der Waals surface area (Å²) in [5, 5.41) is 8.39. The van der Waals surface area contributed by atoms with Gasteiger partial charge >= 0.3 is 5.97 Å². The molecule has 1 aromatic heterocycles. The molecule has 118 valence electrons. The number of hydrogen-bond donors (Lipinski definition) is 0. The molecule has 0 radical (unpaired) electrons. The summed E-state index contributed by atoms with van der Waals surface area (Å²) in [5.41, 5.74) is 1.32. The van der Waals surface area contributed by atoms with E-state index in [2.05, 4.69) is 31.1 Å². The van der Waals surface area contributed by atoms with Gasteiger partial charge in [-0.1, -0.05) is 32.4 Å². The van der Waals surface area contributed by atoms with Crippen LogP contribution in [0.15, 0.2) is 0 Å². The number of nitrogens with zero attached hydrogens (tertiary/aromatic N) is 3. The standard InChI is InChI=1S/C16H27N3O2/c1-5-12-7-9-13(10-8-12)19-15(11(3)4)14(17-18-19)16(20)21-6-2/h11-13H,5-10H2,1-4H3. The fourth-order valence-electron chi connectivity index (χ4n) is 3.25. The number of rotatable bonds is 5. The zero-order valence-electron chi connectivity index (χ0n) is 13.6. The van der Waals surface area contributed by atoms with Crippen molar-refractivity contribution in [2.75, 3.05) is 6.61 Å². The molecule has 1 heterocycles. The molecule has 0 aromatic carbocycles. The van der Waals surface area contributed by atoms with Crippen LogP contribution in [0.1, 0.15) is 87.9 Å². The Morgan fingerprint density at radius 1 is 1.29 bits per heavy atom. The first-order chi connectivity index (χ1) is 10.1. The van der Waals surface area contributed by atoms with Crippen LogP contribution in [0.2, 0.25) is 0 Å². The number of ether oxygens (including phenoxy) is 1. The lowest BCUT2D eigenvalue weighted by Gasteiger charge is -2.29. The van der Waals surface area contributed by atoms with Gasteiger partial charge < -0.3 is 4.74 Å². The third-order valence-electron chi connectivity index (χ3n) is 4.49. The predicted molar refractivity (Wildman–Crippen MR) is 81.4 cm³/mol. The Hall–Kier alpha value is -1.39. The molecule has 0 unspecified atom stereocenters. The summed E-state index contributed by atoms with van der Waals surface area (Å²) in [7, 11) is 0. The van der Waals surface area contributed by atoms with E-state index in [1.54, 1.807) is 0 Å². The smallest absolute Gasteiger partial charge is 0.360 e. The summed E-state index contributed by atoms with van der Waals surface area (Å²) in [4.78, 5) is 12.0. The number of carbonyl (C=O) groups excluding carboxylic acids is 1. The van der Waals surface area contributed by atoms with E-state index < -0.39 is 0 Å². The molecule has 1 aliphatic carbocycles. The highest BCUT2D eigenvalue weighted by Gasteiger charge is 2.29. The van der Waals surface area contributed by atoms with Crippen LogP contribution in [0, 0.1) is 5.92 Å². The van der Waals surface area contributed by atoms with Crippen molar-refractivity contribution >= 4 is 5.97 Å². The van der Waals surface area contributed by atoms with Gasteiger partial charge in [-0.3, -0.25) is 0 Å². The van der Waals surface area contributed by atoms with Crippen molar-refractivity contribution in [1.29, 1.82) is 0 Å². The summed E-state index contributed by atoms with van der Waals surface area (Å²) in [6, 6.07) is 0.376. The molecule has 1 aromatic rings. The third kappa shape index (κ3) is 3.44. The Morgan fingerprint density at radius 3 is 2.48 bits per heavy atom. The first-order valence-corrected chi connectivity index (χ1v) is 8.20. The second kappa shape index (κ2) is 7.05. The molecule has 0 aliphatic heterocycles. The molecular weight excluding hydrogens is 266 g/mol. The van der Waals surface area contributed by atoms with Gasteiger partial charge in [0.05, 0.1) is 18.3 Å². The maximum atomic E-state index is 12.0. The molecule has 5 heteroatoms. The van der Waals surface area contributed by atoms with Gasteiger partial charge in [-0.15, -0.1) is 5.10 Å². The number of hydrogen-bond acceptors (Lipinski definition) is 4. The van der Waals surface area contributed by atoms with E-state index >= 15 is 0 Å². The normalized spacial score (nSPS) is 22.5. The van der Waals surface area contributed by atoms with Gasteiger partial charge in [-0.05, 0) is 44.4 Å². The Balaban J connectivity index is 2.22. The molecule has 0 amide bonds. The van der Waals surface area contributed by atoms with Gasteiger partial charge in [0, 0.05) is 0 Å². The van der Waals surface area contributed by atoms with Crippen molar-refractivity contribution in [1.82, 2.24) is 15.0 Å². The minimum atomic E-state index is -0.352. The summed E-state index contributed by atoms with van der Waals surface area (Å²) < 4.78 is 7.09. The van der Waals surface area contributed by atoms with Crippen LogP contribution in [0.25, 0.3) is 0 Å². The van der Waals surface area contributed by atoms with Crippen molar-refractivity contribution in [3.8, 4) is 0 Å². The molecule has 0 atom stereocenters. The summed E-state index contributed by atoms with van der Waals surface area (Å²) in [6.07, 6.45) is 6.00. The molecule has 0 N–H and O–H groups in total. The molecule has 21 heavy (non-hydrogen) atoms. The number of carbonyl (C=O) groups is 1. The lowest BCUT2D eigenvalue weighted by atomic mass is 9.84. The SMILES string of the molecule is CCOC(=O)c1nnn(C2CCC(CC)CC2)c1C(C)C. The molecule has 1 aliphatic rings. The Bertz CT molecular complexity index is 474. The lowest BCUT2D eigenvalue weighted by molar-refractivity contribution is 0.0517. The molecule has 0 spiro atoms. The van der Waals surface area contributed by atoms with Gasteiger partial charge in [0.1, 0.15) is 0 Å². The van der Waals surface area contributed by atoms with Gasteiger partial charge in [-0.2, -0.15) is 0 Å². The minimum Gasteiger partial charge on any atom is -0.461 e. The van der Waals surface area contributed by atoms with Crippen LogP contribution in [-0.4, -0.2) is 27.6 Å². The van der Waals surface area contributed by atoms with E-state index in [0.29, 0.717) is 18.3 Å². The van der Waals surface area contributed by atoms with Crippen LogP contribution in [0.4, 0.5) is 0 Å². The van der Waals surface area contributed by atoms with E-state index in [1.807, 2.05) is 11.6 Å². The van der Waals surface area contributed by atoms with Crippen LogP contribution in [0.5, 0.6) is 0 Å². The molecule has 0 saturated heterocycles. The van der Waals surface area contributed by atoms with Crippen LogP contribution in [-0.2, 0) is 4.74 Å². The van der Waals surface area contributed by atoms with E-state index in [-0.39, 0.29) is 11.9 Å². The summed E-state index contributed by atoms with van der Waals surface area (Å²) in [6.45, 7) is 8.60. The molecule has 0 bridgehead atoms. The second-order valence-corrected chi connectivity index (χ2v) is 6.23. The number of esters is 1. The highest BCUT2D eigenvalue weighted by Crippen LogP contribution is 2.35. The molecule has 1 fully saturated rings. The zero-order chi connectivity index (χ0) is 15.4. The first kappa shape index (κ1) is 16.0. The predicted octanol–water partition coefficient (Wildman–Crippen LogP) is 3.72. The largest absolute Gasteiger partial charge is 0.461 e. The highest BCUT2D eigenvalue weighted by atomic mass is 16.5. The quantitative estimate of drug-likeness (QED) is 0.776. The van der Waals surface area contributed by atoms with Crippen molar-refractivity contribution in [2.24, 2.45) is 5.92 Å². The Morgan fingerprint density at radius 2 is 1.95 bits per heavy atom. The highest BCUT2D eigenvalue weighted by molar-refractivity contribution is 5.88. The van der Waals surface area contributed by atoms with Crippen LogP contribution >= 0.6 is 0 Å². The van der Waals surface area contributed by atoms with Crippen molar-refractivity contribution in [2.45, 2.75) is 71.8 Å². The molecule has 5 nitrogen and oxygen atoms in total.